The number of anilines is 1. The summed E-state index contributed by atoms with van der Waals surface area (Å²) < 4.78 is 5.58. The van der Waals surface area contributed by atoms with Crippen LogP contribution in [0.4, 0.5) is 10.5 Å². The number of pyridine rings is 1. The van der Waals surface area contributed by atoms with Crippen LogP contribution in [0.1, 0.15) is 22.8 Å². The summed E-state index contributed by atoms with van der Waals surface area (Å²) in [7, 11) is 3.36. The first-order valence-corrected chi connectivity index (χ1v) is 10.0. The molecule has 0 aliphatic carbocycles. The minimum absolute atomic E-state index is 0.153. The Labute approximate surface area is 182 Å². The van der Waals surface area contributed by atoms with Crippen LogP contribution in [0.3, 0.4) is 0 Å². The third-order valence-corrected chi connectivity index (χ3v) is 4.58. The SMILES string of the molecule is CCOc1ccc(C(=O)N(C)C)cc1NC(=O)NCc1ccc(-c2cccnc2)cc1. The van der Waals surface area contributed by atoms with Crippen molar-refractivity contribution < 1.29 is 14.3 Å². The van der Waals surface area contributed by atoms with Crippen molar-refractivity contribution in [1.82, 2.24) is 15.2 Å². The molecule has 0 spiro atoms. The third kappa shape index (κ3) is 5.82. The molecule has 1 aromatic heterocycles. The van der Waals surface area contributed by atoms with Crippen LogP contribution in [0.2, 0.25) is 0 Å². The van der Waals surface area contributed by atoms with Crippen molar-refractivity contribution in [2.75, 3.05) is 26.0 Å². The van der Waals surface area contributed by atoms with Gasteiger partial charge in [-0.3, -0.25) is 9.78 Å². The van der Waals surface area contributed by atoms with E-state index in [9.17, 15) is 9.59 Å². The zero-order valence-corrected chi connectivity index (χ0v) is 17.9. The molecule has 7 nitrogen and oxygen atoms in total. The summed E-state index contributed by atoms with van der Waals surface area (Å²) in [5.41, 5.74) is 3.97. The lowest BCUT2D eigenvalue weighted by Crippen LogP contribution is -2.28. The van der Waals surface area contributed by atoms with E-state index in [-0.39, 0.29) is 11.9 Å². The van der Waals surface area contributed by atoms with Gasteiger partial charge in [0, 0.05) is 38.6 Å². The molecule has 0 radical (unpaired) electrons. The fourth-order valence-electron chi connectivity index (χ4n) is 3.00. The molecule has 3 aromatic rings. The fraction of sp³-hybridized carbons (Fsp3) is 0.208. The first-order valence-electron chi connectivity index (χ1n) is 10.0. The van der Waals surface area contributed by atoms with E-state index in [1.165, 1.54) is 4.90 Å². The fourth-order valence-corrected chi connectivity index (χ4v) is 3.00. The van der Waals surface area contributed by atoms with E-state index in [4.69, 9.17) is 4.74 Å². The van der Waals surface area contributed by atoms with E-state index in [1.54, 1.807) is 38.5 Å². The van der Waals surface area contributed by atoms with Gasteiger partial charge in [0.15, 0.2) is 0 Å². The average Bonchev–Trinajstić information content (AvgIpc) is 2.79. The number of nitrogens with one attached hydrogen (secondary N) is 2. The molecule has 0 unspecified atom stereocenters. The van der Waals surface area contributed by atoms with Crippen LogP contribution in [0, 0.1) is 0 Å². The van der Waals surface area contributed by atoms with Crippen LogP contribution in [0.5, 0.6) is 5.75 Å². The lowest BCUT2D eigenvalue weighted by molar-refractivity contribution is 0.0827. The van der Waals surface area contributed by atoms with E-state index in [2.05, 4.69) is 15.6 Å². The van der Waals surface area contributed by atoms with Gasteiger partial charge < -0.3 is 20.3 Å². The van der Waals surface area contributed by atoms with Crippen LogP contribution in [-0.4, -0.2) is 42.5 Å². The van der Waals surface area contributed by atoms with E-state index in [0.717, 1.165) is 16.7 Å². The molecule has 2 aromatic carbocycles. The summed E-state index contributed by atoms with van der Waals surface area (Å²) in [6, 6.07) is 16.4. The number of carbonyl (C=O) groups excluding carboxylic acids is 2. The van der Waals surface area contributed by atoms with Crippen LogP contribution in [-0.2, 0) is 6.54 Å². The highest BCUT2D eigenvalue weighted by Gasteiger charge is 2.14. The van der Waals surface area contributed by atoms with Gasteiger partial charge in [-0.25, -0.2) is 4.79 Å². The van der Waals surface area contributed by atoms with Gasteiger partial charge in [0.2, 0.25) is 0 Å². The summed E-state index contributed by atoms with van der Waals surface area (Å²) in [6.07, 6.45) is 3.55. The van der Waals surface area contributed by atoms with Crippen molar-refractivity contribution >= 4 is 17.6 Å². The van der Waals surface area contributed by atoms with Gasteiger partial charge in [0.25, 0.3) is 5.91 Å². The predicted molar refractivity (Wildman–Crippen MR) is 121 cm³/mol. The maximum Gasteiger partial charge on any atom is 0.319 e. The summed E-state index contributed by atoms with van der Waals surface area (Å²) in [4.78, 5) is 30.3. The molecular formula is C24H26N4O3. The highest BCUT2D eigenvalue weighted by molar-refractivity contribution is 5.97. The number of nitrogens with zero attached hydrogens (tertiary/aromatic N) is 2. The summed E-state index contributed by atoms with van der Waals surface area (Å²) in [5, 5.41) is 5.62. The number of aromatic nitrogens is 1. The Balaban J connectivity index is 1.65. The maximum absolute atomic E-state index is 12.5. The molecule has 0 saturated carbocycles. The van der Waals surface area contributed by atoms with Gasteiger partial charge in [0.05, 0.1) is 12.3 Å². The highest BCUT2D eigenvalue weighted by atomic mass is 16.5. The average molecular weight is 418 g/mol. The molecule has 2 N–H and O–H groups in total. The van der Waals surface area contributed by atoms with Crippen LogP contribution >= 0.6 is 0 Å². The second-order valence-corrected chi connectivity index (χ2v) is 7.09. The smallest absolute Gasteiger partial charge is 0.319 e. The minimum Gasteiger partial charge on any atom is -0.492 e. The van der Waals surface area contributed by atoms with Crippen molar-refractivity contribution in [3.63, 3.8) is 0 Å². The number of amides is 3. The normalized spacial score (nSPS) is 10.3. The maximum atomic E-state index is 12.5. The number of ether oxygens (including phenoxy) is 1. The monoisotopic (exact) mass is 418 g/mol. The topological polar surface area (TPSA) is 83.6 Å². The molecule has 0 aliphatic rings. The Morgan fingerprint density at radius 3 is 2.45 bits per heavy atom. The Hall–Kier alpha value is -3.87. The lowest BCUT2D eigenvalue weighted by Gasteiger charge is -2.15. The molecule has 3 amide bonds. The number of carbonyl (C=O) groups is 2. The van der Waals surface area contributed by atoms with Gasteiger partial charge >= 0.3 is 6.03 Å². The quantitative estimate of drug-likeness (QED) is 0.603. The van der Waals surface area contributed by atoms with Gasteiger partial charge in [-0.2, -0.15) is 0 Å². The molecule has 0 aliphatic heterocycles. The van der Waals surface area contributed by atoms with E-state index in [1.807, 2.05) is 49.5 Å². The number of hydrogen-bond donors (Lipinski definition) is 2. The number of rotatable bonds is 7. The van der Waals surface area contributed by atoms with Gasteiger partial charge in [-0.1, -0.05) is 30.3 Å². The van der Waals surface area contributed by atoms with Crippen molar-refractivity contribution in [2.45, 2.75) is 13.5 Å². The zero-order valence-electron chi connectivity index (χ0n) is 17.9. The van der Waals surface area contributed by atoms with Crippen LogP contribution in [0.25, 0.3) is 11.1 Å². The Kier molecular flexibility index (Phi) is 7.22. The molecule has 160 valence electrons. The minimum atomic E-state index is -0.383. The Morgan fingerprint density at radius 1 is 1.03 bits per heavy atom. The first-order chi connectivity index (χ1) is 15.0. The van der Waals surface area contributed by atoms with E-state index >= 15 is 0 Å². The Bertz CT molecular complexity index is 1030. The molecule has 31 heavy (non-hydrogen) atoms. The van der Waals surface area contributed by atoms with Gasteiger partial charge in [0.1, 0.15) is 5.75 Å². The molecule has 0 atom stereocenters. The second-order valence-electron chi connectivity index (χ2n) is 7.09. The van der Waals surface area contributed by atoms with Crippen molar-refractivity contribution in [3.8, 4) is 16.9 Å². The summed E-state index contributed by atoms with van der Waals surface area (Å²) in [6.45, 7) is 2.66. The summed E-state index contributed by atoms with van der Waals surface area (Å²) in [5.74, 6) is 0.356. The van der Waals surface area contributed by atoms with E-state index in [0.29, 0.717) is 30.2 Å². The van der Waals surface area contributed by atoms with E-state index < -0.39 is 0 Å². The highest BCUT2D eigenvalue weighted by Crippen LogP contribution is 2.26. The van der Waals surface area contributed by atoms with Crippen LogP contribution < -0.4 is 15.4 Å². The second kappa shape index (κ2) is 10.2. The lowest BCUT2D eigenvalue weighted by atomic mass is 10.1. The number of urea groups is 1. The van der Waals surface area contributed by atoms with Gasteiger partial charge in [-0.15, -0.1) is 0 Å². The molecule has 3 rings (SSSR count). The van der Waals surface area contributed by atoms with Gasteiger partial charge in [-0.05, 0) is 47.9 Å². The summed E-state index contributed by atoms with van der Waals surface area (Å²) >= 11 is 0. The van der Waals surface area contributed by atoms with Crippen molar-refractivity contribution in [3.05, 3.63) is 78.1 Å². The third-order valence-electron chi connectivity index (χ3n) is 4.58. The van der Waals surface area contributed by atoms with Crippen LogP contribution in [0.15, 0.2) is 67.0 Å². The Morgan fingerprint density at radius 2 is 1.81 bits per heavy atom. The molecule has 0 bridgehead atoms. The molecule has 0 saturated heterocycles. The first kappa shape index (κ1) is 21.8. The molecular weight excluding hydrogens is 392 g/mol. The number of hydrogen-bond acceptors (Lipinski definition) is 4. The molecule has 7 heteroatoms. The largest absolute Gasteiger partial charge is 0.492 e. The number of benzene rings is 2. The predicted octanol–water partition coefficient (Wildman–Crippen LogP) is 4.17. The van der Waals surface area contributed by atoms with Crippen molar-refractivity contribution in [2.24, 2.45) is 0 Å². The molecule has 1 heterocycles. The zero-order chi connectivity index (χ0) is 22.2. The standard InChI is InChI=1S/C24H26N4O3/c1-4-31-22-12-11-19(23(29)28(2)3)14-21(22)27-24(30)26-15-17-7-9-18(10-8-17)20-6-5-13-25-16-20/h5-14,16H,4,15H2,1-3H3,(H2,26,27,30). The molecule has 0 fully saturated rings. The van der Waals surface area contributed by atoms with Crippen molar-refractivity contribution in [1.29, 1.82) is 0 Å².